The van der Waals surface area contributed by atoms with E-state index in [9.17, 15) is 9.18 Å². The highest BCUT2D eigenvalue weighted by molar-refractivity contribution is 9.10. The Morgan fingerprint density at radius 3 is 2.52 bits per heavy atom. The van der Waals surface area contributed by atoms with Crippen molar-refractivity contribution in [3.63, 3.8) is 0 Å². The summed E-state index contributed by atoms with van der Waals surface area (Å²) in [5.74, 6) is -0.366. The van der Waals surface area contributed by atoms with Gasteiger partial charge in [0, 0.05) is 5.56 Å². The van der Waals surface area contributed by atoms with Gasteiger partial charge in [-0.15, -0.1) is 0 Å². The van der Waals surface area contributed by atoms with Crippen LogP contribution in [-0.2, 0) is 0 Å². The standard InChI is InChI=1S/C16H10BrFN2O/c17-16-14(10-21)15(11-5-4-6-12(18)9-11)19-20(16)13-7-2-1-3-8-13/h1-10H. The van der Waals surface area contributed by atoms with Gasteiger partial charge in [0.15, 0.2) is 6.29 Å². The van der Waals surface area contributed by atoms with Crippen molar-refractivity contribution in [2.45, 2.75) is 0 Å². The largest absolute Gasteiger partial charge is 0.298 e. The molecule has 0 spiro atoms. The van der Waals surface area contributed by atoms with Crippen LogP contribution in [0.1, 0.15) is 10.4 Å². The van der Waals surface area contributed by atoms with Crippen molar-refractivity contribution in [1.82, 2.24) is 9.78 Å². The van der Waals surface area contributed by atoms with Crippen LogP contribution in [0.25, 0.3) is 16.9 Å². The molecular weight excluding hydrogens is 335 g/mol. The van der Waals surface area contributed by atoms with Gasteiger partial charge < -0.3 is 0 Å². The fourth-order valence-corrected chi connectivity index (χ4v) is 2.67. The van der Waals surface area contributed by atoms with E-state index in [-0.39, 0.29) is 5.82 Å². The Labute approximate surface area is 129 Å². The molecule has 3 rings (SSSR count). The highest BCUT2D eigenvalue weighted by atomic mass is 79.9. The molecule has 0 aliphatic carbocycles. The van der Waals surface area contributed by atoms with E-state index in [0.717, 1.165) is 12.0 Å². The quantitative estimate of drug-likeness (QED) is 0.665. The Balaban J connectivity index is 2.21. The molecule has 1 aromatic heterocycles. The number of benzene rings is 2. The summed E-state index contributed by atoms with van der Waals surface area (Å²) in [6.07, 6.45) is 0.719. The third kappa shape index (κ3) is 2.52. The number of para-hydroxylation sites is 1. The van der Waals surface area contributed by atoms with Crippen molar-refractivity contribution in [3.05, 3.63) is 70.6 Å². The SMILES string of the molecule is O=Cc1c(-c2cccc(F)c2)nn(-c2ccccc2)c1Br. The molecule has 0 aliphatic rings. The van der Waals surface area contributed by atoms with E-state index in [1.54, 1.807) is 16.8 Å². The van der Waals surface area contributed by atoms with Crippen LogP contribution in [0, 0.1) is 5.82 Å². The van der Waals surface area contributed by atoms with E-state index in [1.807, 2.05) is 30.3 Å². The fourth-order valence-electron chi connectivity index (χ4n) is 2.10. The van der Waals surface area contributed by atoms with Gasteiger partial charge in [-0.25, -0.2) is 9.07 Å². The number of aldehydes is 1. The zero-order valence-corrected chi connectivity index (χ0v) is 12.4. The molecule has 0 saturated carbocycles. The highest BCUT2D eigenvalue weighted by Gasteiger charge is 2.18. The van der Waals surface area contributed by atoms with Crippen molar-refractivity contribution >= 4 is 22.2 Å². The second-order valence-electron chi connectivity index (χ2n) is 4.43. The zero-order chi connectivity index (χ0) is 14.8. The van der Waals surface area contributed by atoms with Crippen molar-refractivity contribution in [2.75, 3.05) is 0 Å². The maximum atomic E-state index is 13.4. The van der Waals surface area contributed by atoms with Gasteiger partial charge in [-0.1, -0.05) is 30.3 Å². The number of carbonyl (C=O) groups excluding carboxylic acids is 1. The minimum atomic E-state index is -0.366. The number of rotatable bonds is 3. The van der Waals surface area contributed by atoms with E-state index in [1.165, 1.54) is 12.1 Å². The van der Waals surface area contributed by atoms with E-state index in [2.05, 4.69) is 21.0 Å². The molecule has 0 saturated heterocycles. The van der Waals surface area contributed by atoms with E-state index < -0.39 is 0 Å². The molecule has 0 amide bonds. The van der Waals surface area contributed by atoms with Gasteiger partial charge in [-0.05, 0) is 40.2 Å². The van der Waals surface area contributed by atoms with Gasteiger partial charge >= 0.3 is 0 Å². The number of hydrogen-bond acceptors (Lipinski definition) is 2. The van der Waals surface area contributed by atoms with Crippen molar-refractivity contribution < 1.29 is 9.18 Å². The van der Waals surface area contributed by atoms with Crippen molar-refractivity contribution in [2.24, 2.45) is 0 Å². The Kier molecular flexibility index (Phi) is 3.66. The van der Waals surface area contributed by atoms with Crippen LogP contribution < -0.4 is 0 Å². The third-order valence-corrected chi connectivity index (χ3v) is 3.84. The summed E-state index contributed by atoms with van der Waals surface area (Å²) in [6.45, 7) is 0. The smallest absolute Gasteiger partial charge is 0.155 e. The van der Waals surface area contributed by atoms with Gasteiger partial charge in [0.05, 0.1) is 11.3 Å². The van der Waals surface area contributed by atoms with Crippen molar-refractivity contribution in [3.8, 4) is 16.9 Å². The highest BCUT2D eigenvalue weighted by Crippen LogP contribution is 2.30. The average molecular weight is 345 g/mol. The summed E-state index contributed by atoms with van der Waals surface area (Å²) in [5.41, 5.74) is 2.22. The van der Waals surface area contributed by atoms with Crippen LogP contribution in [0.4, 0.5) is 4.39 Å². The maximum Gasteiger partial charge on any atom is 0.155 e. The van der Waals surface area contributed by atoms with Crippen LogP contribution >= 0.6 is 15.9 Å². The number of carbonyl (C=O) groups is 1. The summed E-state index contributed by atoms with van der Waals surface area (Å²) in [7, 11) is 0. The summed E-state index contributed by atoms with van der Waals surface area (Å²) in [4.78, 5) is 11.4. The van der Waals surface area contributed by atoms with Gasteiger partial charge in [-0.2, -0.15) is 5.10 Å². The molecule has 0 bridgehead atoms. The topological polar surface area (TPSA) is 34.9 Å². The van der Waals surface area contributed by atoms with Crippen molar-refractivity contribution in [1.29, 1.82) is 0 Å². The average Bonchev–Trinajstić information content (AvgIpc) is 2.85. The lowest BCUT2D eigenvalue weighted by Crippen LogP contribution is -1.96. The number of hydrogen-bond donors (Lipinski definition) is 0. The second-order valence-corrected chi connectivity index (χ2v) is 5.18. The number of nitrogens with zero attached hydrogens (tertiary/aromatic N) is 2. The predicted octanol–water partition coefficient (Wildman–Crippen LogP) is 4.25. The van der Waals surface area contributed by atoms with Gasteiger partial charge in [0.2, 0.25) is 0 Å². The molecule has 21 heavy (non-hydrogen) atoms. The molecule has 0 atom stereocenters. The van der Waals surface area contributed by atoms with Gasteiger partial charge in [0.25, 0.3) is 0 Å². The monoisotopic (exact) mass is 344 g/mol. The van der Waals surface area contributed by atoms with Crippen LogP contribution in [0.3, 0.4) is 0 Å². The Morgan fingerprint density at radius 2 is 1.86 bits per heavy atom. The number of halogens is 2. The van der Waals surface area contributed by atoms with Crippen LogP contribution in [0.5, 0.6) is 0 Å². The Bertz CT molecular complexity index is 799. The first kappa shape index (κ1) is 13.7. The second kappa shape index (κ2) is 5.61. The molecule has 0 radical (unpaired) electrons. The summed E-state index contributed by atoms with van der Waals surface area (Å²) in [6, 6.07) is 15.4. The lowest BCUT2D eigenvalue weighted by Gasteiger charge is -2.02. The fraction of sp³-hybridized carbons (Fsp3) is 0. The Morgan fingerprint density at radius 1 is 1.10 bits per heavy atom. The molecular formula is C16H10BrFN2O. The minimum absolute atomic E-state index is 0.366. The molecule has 3 aromatic rings. The van der Waals surface area contributed by atoms with E-state index >= 15 is 0 Å². The molecule has 5 heteroatoms. The predicted molar refractivity (Wildman–Crippen MR) is 82.0 cm³/mol. The van der Waals surface area contributed by atoms with Gasteiger partial charge in [-0.3, -0.25) is 4.79 Å². The minimum Gasteiger partial charge on any atom is -0.298 e. The van der Waals surface area contributed by atoms with E-state index in [0.29, 0.717) is 21.4 Å². The van der Waals surface area contributed by atoms with E-state index in [4.69, 9.17) is 0 Å². The third-order valence-electron chi connectivity index (χ3n) is 3.08. The summed E-state index contributed by atoms with van der Waals surface area (Å²) < 4.78 is 15.5. The van der Waals surface area contributed by atoms with Gasteiger partial charge in [0.1, 0.15) is 16.1 Å². The molecule has 0 N–H and O–H groups in total. The van der Waals surface area contributed by atoms with Crippen LogP contribution in [-0.4, -0.2) is 16.1 Å². The molecule has 104 valence electrons. The number of aromatic nitrogens is 2. The maximum absolute atomic E-state index is 13.4. The van der Waals surface area contributed by atoms with Crippen LogP contribution in [0.15, 0.2) is 59.2 Å². The molecule has 0 unspecified atom stereocenters. The first-order valence-corrected chi connectivity index (χ1v) is 7.05. The summed E-state index contributed by atoms with van der Waals surface area (Å²) >= 11 is 3.39. The molecule has 0 aliphatic heterocycles. The first-order chi connectivity index (χ1) is 10.2. The zero-order valence-electron chi connectivity index (χ0n) is 10.8. The molecule has 1 heterocycles. The molecule has 3 nitrogen and oxygen atoms in total. The summed E-state index contributed by atoms with van der Waals surface area (Å²) in [5, 5.41) is 4.43. The first-order valence-electron chi connectivity index (χ1n) is 6.26. The normalized spacial score (nSPS) is 10.6. The Hall–Kier alpha value is -2.27. The van der Waals surface area contributed by atoms with Crippen LogP contribution in [0.2, 0.25) is 0 Å². The lowest BCUT2D eigenvalue weighted by molar-refractivity contribution is 0.112. The molecule has 0 fully saturated rings. The lowest BCUT2D eigenvalue weighted by atomic mass is 10.1. The molecule has 2 aromatic carbocycles.